The topological polar surface area (TPSA) is 73.0 Å². The van der Waals surface area contributed by atoms with Gasteiger partial charge in [0, 0.05) is 26.1 Å². The highest BCUT2D eigenvalue weighted by Gasteiger charge is 2.43. The maximum atomic E-state index is 13.0. The van der Waals surface area contributed by atoms with Gasteiger partial charge in [0.25, 0.3) is 0 Å². The Morgan fingerprint density at radius 2 is 1.67 bits per heavy atom. The smallest absolute Gasteiger partial charge is 0.319 e. The number of carbonyl (C=O) groups excluding carboxylic acids is 3. The highest BCUT2D eigenvalue weighted by molar-refractivity contribution is 5.89. The summed E-state index contributed by atoms with van der Waals surface area (Å²) in [5.74, 6) is -0.177. The molecule has 7 heteroatoms. The second-order valence-corrected chi connectivity index (χ2v) is 8.50. The molecule has 0 saturated carbocycles. The van der Waals surface area contributed by atoms with Crippen LogP contribution in [0.15, 0.2) is 72.8 Å². The van der Waals surface area contributed by atoms with Crippen LogP contribution in [0.25, 0.3) is 10.8 Å². The quantitative estimate of drug-likeness (QED) is 0.675. The largest absolute Gasteiger partial charge is 0.334 e. The third kappa shape index (κ3) is 4.26. The van der Waals surface area contributed by atoms with E-state index in [-0.39, 0.29) is 30.8 Å². The number of fused-ring (bicyclic) bond motifs is 2. The van der Waals surface area contributed by atoms with E-state index in [1.54, 1.807) is 14.7 Å². The summed E-state index contributed by atoms with van der Waals surface area (Å²) in [4.78, 5) is 43.5. The van der Waals surface area contributed by atoms with Crippen LogP contribution in [0.1, 0.15) is 17.5 Å². The summed E-state index contributed by atoms with van der Waals surface area (Å²) in [6.07, 6.45) is -0.235. The van der Waals surface area contributed by atoms with Crippen molar-refractivity contribution in [3.05, 3.63) is 83.9 Å². The Kier molecular flexibility index (Phi) is 5.69. The highest BCUT2D eigenvalue weighted by atomic mass is 16.2. The Morgan fingerprint density at radius 3 is 2.52 bits per heavy atom. The molecule has 2 heterocycles. The molecule has 0 bridgehead atoms. The summed E-state index contributed by atoms with van der Waals surface area (Å²) in [6, 6.07) is 23.7. The van der Waals surface area contributed by atoms with Crippen LogP contribution in [-0.2, 0) is 22.7 Å². The van der Waals surface area contributed by atoms with Crippen molar-refractivity contribution >= 4 is 28.6 Å². The minimum absolute atomic E-state index is 0.00324. The number of amides is 4. The molecule has 168 valence electrons. The first-order valence-electron chi connectivity index (χ1n) is 11.2. The summed E-state index contributed by atoms with van der Waals surface area (Å²) in [5, 5.41) is 5.19. The van der Waals surface area contributed by atoms with Crippen LogP contribution in [0.4, 0.5) is 4.79 Å². The first-order valence-corrected chi connectivity index (χ1v) is 11.2. The Hall–Kier alpha value is -3.87. The molecule has 0 aromatic heterocycles. The molecule has 1 N–H and O–H groups in total. The van der Waals surface area contributed by atoms with E-state index in [1.807, 2.05) is 54.6 Å². The van der Waals surface area contributed by atoms with E-state index < -0.39 is 6.17 Å². The summed E-state index contributed by atoms with van der Waals surface area (Å²) in [7, 11) is 0. The molecule has 33 heavy (non-hydrogen) atoms. The van der Waals surface area contributed by atoms with E-state index in [0.29, 0.717) is 26.2 Å². The van der Waals surface area contributed by atoms with Crippen molar-refractivity contribution in [3.8, 4) is 0 Å². The molecule has 5 rings (SSSR count). The molecule has 7 nitrogen and oxygen atoms in total. The third-order valence-electron chi connectivity index (χ3n) is 6.44. The van der Waals surface area contributed by atoms with E-state index in [4.69, 9.17) is 0 Å². The fourth-order valence-corrected chi connectivity index (χ4v) is 4.68. The molecule has 2 saturated heterocycles. The van der Waals surface area contributed by atoms with Gasteiger partial charge in [-0.2, -0.15) is 0 Å². The van der Waals surface area contributed by atoms with E-state index >= 15 is 0 Å². The molecule has 3 aromatic rings. The van der Waals surface area contributed by atoms with Gasteiger partial charge < -0.3 is 20.0 Å². The zero-order valence-corrected chi connectivity index (χ0v) is 18.3. The molecule has 2 aliphatic heterocycles. The molecule has 1 atom stereocenters. The Bertz CT molecular complexity index is 1190. The average molecular weight is 443 g/mol. The van der Waals surface area contributed by atoms with Gasteiger partial charge in [0.15, 0.2) is 0 Å². The van der Waals surface area contributed by atoms with Gasteiger partial charge in [-0.15, -0.1) is 0 Å². The first kappa shape index (κ1) is 21.0. The van der Waals surface area contributed by atoms with E-state index in [2.05, 4.69) is 23.5 Å². The van der Waals surface area contributed by atoms with Gasteiger partial charge in [-0.1, -0.05) is 72.8 Å². The lowest BCUT2D eigenvalue weighted by atomic mass is 10.0. The molecule has 3 aromatic carbocycles. The van der Waals surface area contributed by atoms with Gasteiger partial charge in [0.05, 0.1) is 6.54 Å². The molecule has 0 aliphatic carbocycles. The van der Waals surface area contributed by atoms with Crippen LogP contribution in [0.5, 0.6) is 0 Å². The van der Waals surface area contributed by atoms with Crippen molar-refractivity contribution in [3.63, 3.8) is 0 Å². The predicted molar refractivity (Wildman–Crippen MR) is 125 cm³/mol. The maximum absolute atomic E-state index is 13.0. The van der Waals surface area contributed by atoms with Crippen molar-refractivity contribution in [2.75, 3.05) is 19.6 Å². The molecule has 0 spiro atoms. The molecular formula is C26H26N4O3. The lowest BCUT2D eigenvalue weighted by Crippen LogP contribution is -2.68. The Morgan fingerprint density at radius 1 is 0.909 bits per heavy atom. The van der Waals surface area contributed by atoms with Crippen LogP contribution < -0.4 is 5.32 Å². The van der Waals surface area contributed by atoms with Crippen LogP contribution in [0.3, 0.4) is 0 Å². The molecule has 4 amide bonds. The lowest BCUT2D eigenvalue weighted by Gasteiger charge is -2.48. The number of carbonyl (C=O) groups is 3. The maximum Gasteiger partial charge on any atom is 0.319 e. The van der Waals surface area contributed by atoms with Crippen molar-refractivity contribution in [2.45, 2.75) is 25.7 Å². The number of nitrogens with one attached hydrogen (secondary N) is 1. The number of benzene rings is 3. The Balaban J connectivity index is 1.34. The standard InChI is InChI=1S/C26H26N4O3/c31-24-13-14-29(26(33)27-15-19-7-2-1-3-8-19)23-17-28(25(32)18-30(23)24)16-21-11-6-10-20-9-4-5-12-22(20)21/h1-12,23H,13-18H2,(H,27,33). The van der Waals surface area contributed by atoms with Gasteiger partial charge in [-0.25, -0.2) is 4.79 Å². The number of rotatable bonds is 4. The molecule has 2 fully saturated rings. The summed E-state index contributed by atoms with van der Waals surface area (Å²) in [5.41, 5.74) is 2.06. The minimum atomic E-state index is -0.463. The minimum Gasteiger partial charge on any atom is -0.334 e. The highest BCUT2D eigenvalue weighted by Crippen LogP contribution is 2.25. The SMILES string of the molecule is O=C1CN2C(=O)CCN(C(=O)NCc3ccccc3)C2CN1Cc1cccc2ccccc12. The molecule has 2 aliphatic rings. The number of hydrogen-bond donors (Lipinski definition) is 1. The van der Waals surface area contributed by atoms with Gasteiger partial charge in [-0.3, -0.25) is 9.59 Å². The van der Waals surface area contributed by atoms with Crippen molar-refractivity contribution in [2.24, 2.45) is 0 Å². The van der Waals surface area contributed by atoms with Crippen molar-refractivity contribution in [1.82, 2.24) is 20.0 Å². The van der Waals surface area contributed by atoms with E-state index in [0.717, 1.165) is 21.9 Å². The Labute approximate surface area is 192 Å². The lowest BCUT2D eigenvalue weighted by molar-refractivity contribution is -0.159. The van der Waals surface area contributed by atoms with Gasteiger partial charge in [-0.05, 0) is 21.9 Å². The third-order valence-corrected chi connectivity index (χ3v) is 6.44. The van der Waals surface area contributed by atoms with E-state index in [1.165, 1.54) is 0 Å². The van der Waals surface area contributed by atoms with Crippen molar-refractivity contribution < 1.29 is 14.4 Å². The number of hydrogen-bond acceptors (Lipinski definition) is 3. The molecule has 1 unspecified atom stereocenters. The number of piperazine rings is 1. The van der Waals surface area contributed by atoms with Crippen LogP contribution in [0.2, 0.25) is 0 Å². The summed E-state index contributed by atoms with van der Waals surface area (Å²) < 4.78 is 0. The first-order chi connectivity index (χ1) is 16.1. The summed E-state index contributed by atoms with van der Waals surface area (Å²) >= 11 is 0. The average Bonchev–Trinajstić information content (AvgIpc) is 2.84. The second-order valence-electron chi connectivity index (χ2n) is 8.50. The zero-order valence-electron chi connectivity index (χ0n) is 18.3. The van der Waals surface area contributed by atoms with Crippen LogP contribution >= 0.6 is 0 Å². The summed E-state index contributed by atoms with van der Waals surface area (Å²) in [6.45, 7) is 1.49. The molecular weight excluding hydrogens is 416 g/mol. The normalized spacial score (nSPS) is 18.4. The number of nitrogens with zero attached hydrogens (tertiary/aromatic N) is 3. The monoisotopic (exact) mass is 442 g/mol. The number of urea groups is 1. The van der Waals surface area contributed by atoms with Crippen LogP contribution in [-0.4, -0.2) is 58.3 Å². The van der Waals surface area contributed by atoms with Crippen LogP contribution in [0, 0.1) is 0 Å². The fourth-order valence-electron chi connectivity index (χ4n) is 4.68. The fraction of sp³-hybridized carbons (Fsp3) is 0.269. The van der Waals surface area contributed by atoms with Gasteiger partial charge >= 0.3 is 6.03 Å². The van der Waals surface area contributed by atoms with Crippen molar-refractivity contribution in [1.29, 1.82) is 0 Å². The second kappa shape index (κ2) is 8.94. The van der Waals surface area contributed by atoms with Gasteiger partial charge in [0.2, 0.25) is 11.8 Å². The molecule has 0 radical (unpaired) electrons. The van der Waals surface area contributed by atoms with E-state index in [9.17, 15) is 14.4 Å². The predicted octanol–water partition coefficient (Wildman–Crippen LogP) is 2.95. The van der Waals surface area contributed by atoms with Gasteiger partial charge in [0.1, 0.15) is 12.7 Å². The zero-order chi connectivity index (χ0) is 22.8.